The van der Waals surface area contributed by atoms with Gasteiger partial charge in [0.2, 0.25) is 5.91 Å². The Morgan fingerprint density at radius 3 is 2.86 bits per heavy atom. The van der Waals surface area contributed by atoms with Crippen molar-refractivity contribution in [1.82, 2.24) is 4.90 Å². The molecule has 1 spiro atoms. The molecule has 3 atom stereocenters. The average Bonchev–Trinajstić information content (AvgIpc) is 2.71. The molecule has 14 heavy (non-hydrogen) atoms. The van der Waals surface area contributed by atoms with E-state index in [1.807, 2.05) is 11.9 Å². The lowest BCUT2D eigenvalue weighted by atomic mass is 9.78. The van der Waals surface area contributed by atoms with Crippen LogP contribution in [0.4, 0.5) is 0 Å². The van der Waals surface area contributed by atoms with Crippen molar-refractivity contribution >= 4 is 11.7 Å². The van der Waals surface area contributed by atoms with Gasteiger partial charge in [-0.05, 0) is 12.8 Å². The molecular formula is C11H15NO2. The van der Waals surface area contributed by atoms with Crippen molar-refractivity contribution in [2.45, 2.75) is 38.6 Å². The van der Waals surface area contributed by atoms with Gasteiger partial charge in [0.1, 0.15) is 5.78 Å². The molecule has 76 valence electrons. The highest BCUT2D eigenvalue weighted by Gasteiger charge is 2.78. The fourth-order valence-electron chi connectivity index (χ4n) is 3.81. The molecule has 0 bridgehead atoms. The maximum atomic E-state index is 12.0. The Balaban J connectivity index is 2.03. The average molecular weight is 193 g/mol. The van der Waals surface area contributed by atoms with Gasteiger partial charge in [-0.1, -0.05) is 6.92 Å². The molecule has 3 rings (SSSR count). The summed E-state index contributed by atoms with van der Waals surface area (Å²) in [6.07, 6.45) is 3.23. The number of ketones is 1. The molecule has 3 nitrogen and oxygen atoms in total. The van der Waals surface area contributed by atoms with Crippen LogP contribution in [-0.2, 0) is 9.59 Å². The Labute approximate surface area is 83.5 Å². The Bertz CT molecular complexity index is 351. The molecule has 1 heterocycles. The van der Waals surface area contributed by atoms with E-state index in [-0.39, 0.29) is 22.8 Å². The van der Waals surface area contributed by atoms with Crippen LogP contribution in [0.15, 0.2) is 0 Å². The molecule has 2 saturated carbocycles. The van der Waals surface area contributed by atoms with Crippen LogP contribution in [0.3, 0.4) is 0 Å². The predicted octanol–water partition coefficient (Wildman–Crippen LogP) is 0.976. The van der Waals surface area contributed by atoms with Gasteiger partial charge in [-0.3, -0.25) is 9.59 Å². The summed E-state index contributed by atoms with van der Waals surface area (Å²) in [6.45, 7) is 2.07. The van der Waals surface area contributed by atoms with E-state index in [0.717, 1.165) is 12.8 Å². The SMILES string of the molecule is CN1C(=O)C2(C)CC23CCC(=O)C[C@H]13. The summed E-state index contributed by atoms with van der Waals surface area (Å²) in [7, 11) is 1.85. The summed E-state index contributed by atoms with van der Waals surface area (Å²) < 4.78 is 0. The second kappa shape index (κ2) is 2.05. The van der Waals surface area contributed by atoms with Crippen molar-refractivity contribution in [3.05, 3.63) is 0 Å². The minimum atomic E-state index is -0.118. The quantitative estimate of drug-likeness (QED) is 0.575. The van der Waals surface area contributed by atoms with Gasteiger partial charge < -0.3 is 4.90 Å². The molecule has 2 aliphatic carbocycles. The summed E-state index contributed by atoms with van der Waals surface area (Å²) in [4.78, 5) is 25.2. The minimum Gasteiger partial charge on any atom is -0.341 e. The number of amides is 1. The Kier molecular flexibility index (Phi) is 1.23. The van der Waals surface area contributed by atoms with Crippen LogP contribution in [-0.4, -0.2) is 29.7 Å². The van der Waals surface area contributed by atoms with Crippen molar-refractivity contribution in [1.29, 1.82) is 0 Å². The third kappa shape index (κ3) is 0.645. The van der Waals surface area contributed by atoms with E-state index >= 15 is 0 Å². The highest BCUT2D eigenvalue weighted by atomic mass is 16.2. The van der Waals surface area contributed by atoms with Crippen LogP contribution in [0.5, 0.6) is 0 Å². The Morgan fingerprint density at radius 1 is 1.43 bits per heavy atom. The smallest absolute Gasteiger partial charge is 0.229 e. The van der Waals surface area contributed by atoms with Gasteiger partial charge in [0.05, 0.1) is 5.41 Å². The minimum absolute atomic E-state index is 0.118. The topological polar surface area (TPSA) is 37.4 Å². The zero-order valence-electron chi connectivity index (χ0n) is 8.67. The predicted molar refractivity (Wildman–Crippen MR) is 50.6 cm³/mol. The standard InChI is InChI=1S/C11H15NO2/c1-10-6-11(10)4-3-7(13)5-8(11)12(2)9(10)14/h8H,3-6H2,1-2H3/t8-,10?,11?/m0/s1. The van der Waals surface area contributed by atoms with Crippen LogP contribution < -0.4 is 0 Å². The fourth-order valence-corrected chi connectivity index (χ4v) is 3.81. The van der Waals surface area contributed by atoms with Gasteiger partial charge in [0.25, 0.3) is 0 Å². The van der Waals surface area contributed by atoms with E-state index in [2.05, 4.69) is 6.92 Å². The van der Waals surface area contributed by atoms with Gasteiger partial charge in [-0.25, -0.2) is 0 Å². The molecule has 2 unspecified atom stereocenters. The maximum absolute atomic E-state index is 12.0. The number of carbonyl (C=O) groups is 2. The number of hydrogen-bond acceptors (Lipinski definition) is 2. The van der Waals surface area contributed by atoms with Gasteiger partial charge in [-0.2, -0.15) is 0 Å². The van der Waals surface area contributed by atoms with E-state index in [1.165, 1.54) is 0 Å². The molecule has 0 aromatic carbocycles. The number of carbonyl (C=O) groups excluding carboxylic acids is 2. The van der Waals surface area contributed by atoms with Crippen LogP contribution in [0, 0.1) is 10.8 Å². The molecule has 3 aliphatic rings. The summed E-state index contributed by atoms with van der Waals surface area (Å²) in [5.74, 6) is 0.591. The van der Waals surface area contributed by atoms with E-state index in [4.69, 9.17) is 0 Å². The van der Waals surface area contributed by atoms with Crippen molar-refractivity contribution < 1.29 is 9.59 Å². The Hall–Kier alpha value is -0.860. The van der Waals surface area contributed by atoms with Gasteiger partial charge in [0, 0.05) is 31.3 Å². The number of likely N-dealkylation sites (tertiary alicyclic amines) is 1. The number of Topliss-reactive ketones (excluding diaryl/α,β-unsaturated/α-hetero) is 1. The molecule has 3 fully saturated rings. The second-order valence-corrected chi connectivity index (χ2v) is 5.34. The third-order valence-corrected chi connectivity index (χ3v) is 4.81. The van der Waals surface area contributed by atoms with Crippen LogP contribution in [0.2, 0.25) is 0 Å². The lowest BCUT2D eigenvalue weighted by Gasteiger charge is -2.32. The second-order valence-electron chi connectivity index (χ2n) is 5.34. The zero-order valence-corrected chi connectivity index (χ0v) is 8.67. The van der Waals surface area contributed by atoms with Crippen molar-refractivity contribution in [3.63, 3.8) is 0 Å². The molecule has 0 radical (unpaired) electrons. The van der Waals surface area contributed by atoms with E-state index in [1.54, 1.807) is 0 Å². The molecule has 0 aromatic heterocycles. The van der Waals surface area contributed by atoms with Gasteiger partial charge in [0.15, 0.2) is 0 Å². The van der Waals surface area contributed by atoms with Crippen LogP contribution in [0.25, 0.3) is 0 Å². The first-order valence-corrected chi connectivity index (χ1v) is 5.30. The number of piperidine rings is 1. The van der Waals surface area contributed by atoms with Crippen molar-refractivity contribution in [2.75, 3.05) is 7.05 Å². The lowest BCUT2D eigenvalue weighted by molar-refractivity contribution is -0.133. The molecule has 1 amide bonds. The third-order valence-electron chi connectivity index (χ3n) is 4.81. The summed E-state index contributed by atoms with van der Waals surface area (Å²) >= 11 is 0. The summed E-state index contributed by atoms with van der Waals surface area (Å²) in [5.41, 5.74) is 0.0554. The largest absolute Gasteiger partial charge is 0.341 e. The van der Waals surface area contributed by atoms with E-state index < -0.39 is 0 Å². The van der Waals surface area contributed by atoms with Gasteiger partial charge >= 0.3 is 0 Å². The maximum Gasteiger partial charge on any atom is 0.229 e. The molecule has 1 saturated heterocycles. The fraction of sp³-hybridized carbons (Fsp3) is 0.818. The van der Waals surface area contributed by atoms with E-state index in [0.29, 0.717) is 18.6 Å². The first-order valence-electron chi connectivity index (χ1n) is 5.30. The van der Waals surface area contributed by atoms with Gasteiger partial charge in [-0.15, -0.1) is 0 Å². The number of nitrogens with zero attached hydrogens (tertiary/aromatic N) is 1. The van der Waals surface area contributed by atoms with Crippen LogP contribution in [0.1, 0.15) is 32.6 Å². The van der Waals surface area contributed by atoms with E-state index in [9.17, 15) is 9.59 Å². The van der Waals surface area contributed by atoms with Crippen molar-refractivity contribution in [3.8, 4) is 0 Å². The number of hydrogen-bond donors (Lipinski definition) is 0. The first-order chi connectivity index (χ1) is 6.51. The summed E-state index contributed by atoms with van der Waals surface area (Å²) in [6, 6.07) is 0.209. The molecule has 3 heteroatoms. The molecule has 1 aliphatic heterocycles. The molecule has 0 N–H and O–H groups in total. The van der Waals surface area contributed by atoms with Crippen molar-refractivity contribution in [2.24, 2.45) is 10.8 Å². The highest BCUT2D eigenvalue weighted by Crippen LogP contribution is 2.75. The number of rotatable bonds is 0. The molecular weight excluding hydrogens is 178 g/mol. The Morgan fingerprint density at radius 2 is 2.14 bits per heavy atom. The monoisotopic (exact) mass is 193 g/mol. The van der Waals surface area contributed by atoms with Crippen LogP contribution >= 0.6 is 0 Å². The highest BCUT2D eigenvalue weighted by molar-refractivity contribution is 5.93. The zero-order chi connectivity index (χ0) is 10.1. The molecule has 0 aromatic rings. The first kappa shape index (κ1) is 8.45. The lowest BCUT2D eigenvalue weighted by Crippen LogP contribution is -2.40. The summed E-state index contributed by atoms with van der Waals surface area (Å²) in [5, 5.41) is 0. The normalized spacial score (nSPS) is 50.4.